The van der Waals surface area contributed by atoms with Crippen molar-refractivity contribution in [2.45, 2.75) is 25.8 Å². The number of methoxy groups -OCH3 is 1. The second kappa shape index (κ2) is 6.65. The van der Waals surface area contributed by atoms with E-state index in [2.05, 4.69) is 22.4 Å². The second-order valence-corrected chi connectivity index (χ2v) is 6.70. The third-order valence-electron chi connectivity index (χ3n) is 4.44. The van der Waals surface area contributed by atoms with Gasteiger partial charge < -0.3 is 15.1 Å². The first-order chi connectivity index (χ1) is 10.6. The van der Waals surface area contributed by atoms with Crippen molar-refractivity contribution in [2.75, 3.05) is 26.7 Å². The lowest BCUT2D eigenvalue weighted by molar-refractivity contribution is 0.228. The number of fused-ring (bicyclic) bond motifs is 1. The van der Waals surface area contributed by atoms with Crippen LogP contribution in [0.2, 0.25) is 10.0 Å². The van der Waals surface area contributed by atoms with E-state index in [4.69, 9.17) is 27.9 Å². The fourth-order valence-electron chi connectivity index (χ4n) is 3.39. The van der Waals surface area contributed by atoms with E-state index in [9.17, 15) is 0 Å². The van der Waals surface area contributed by atoms with E-state index in [1.807, 2.05) is 12.1 Å². The lowest BCUT2D eigenvalue weighted by Crippen LogP contribution is -2.42. The fraction of sp³-hybridized carbons (Fsp3) is 0.562. The second-order valence-electron chi connectivity index (χ2n) is 5.88. The molecule has 0 aromatic heterocycles. The number of halogens is 2. The summed E-state index contributed by atoms with van der Waals surface area (Å²) in [5.41, 5.74) is 5.60. The average Bonchev–Trinajstić information content (AvgIpc) is 2.90. The molecule has 120 valence electrons. The van der Waals surface area contributed by atoms with Crippen LogP contribution in [0.5, 0.6) is 5.75 Å². The lowest BCUT2D eigenvalue weighted by atomic mass is 9.86. The van der Waals surface area contributed by atoms with Gasteiger partial charge in [-0.05, 0) is 30.7 Å². The average molecular weight is 342 g/mol. The summed E-state index contributed by atoms with van der Waals surface area (Å²) >= 11 is 12.6. The van der Waals surface area contributed by atoms with Gasteiger partial charge in [0.15, 0.2) is 5.75 Å². The number of piperidine rings is 1. The summed E-state index contributed by atoms with van der Waals surface area (Å²) in [5.74, 6) is 0.920. The zero-order valence-electron chi connectivity index (χ0n) is 12.9. The van der Waals surface area contributed by atoms with Crippen LogP contribution in [0.1, 0.15) is 31.4 Å². The maximum absolute atomic E-state index is 6.28. The summed E-state index contributed by atoms with van der Waals surface area (Å²) < 4.78 is 5.23. The maximum atomic E-state index is 6.28. The van der Waals surface area contributed by atoms with Crippen molar-refractivity contribution < 1.29 is 4.74 Å². The van der Waals surface area contributed by atoms with Crippen molar-refractivity contribution in [1.29, 1.82) is 0 Å². The van der Waals surface area contributed by atoms with E-state index in [-0.39, 0.29) is 6.04 Å². The molecule has 0 spiro atoms. The van der Waals surface area contributed by atoms with E-state index < -0.39 is 0 Å². The molecule has 2 atom stereocenters. The summed E-state index contributed by atoms with van der Waals surface area (Å²) in [7, 11) is 1.57. The van der Waals surface area contributed by atoms with Gasteiger partial charge in [0, 0.05) is 31.1 Å². The van der Waals surface area contributed by atoms with Gasteiger partial charge in [0.25, 0.3) is 0 Å². The Bertz CT molecular complexity index is 568. The largest absolute Gasteiger partial charge is 0.494 e. The van der Waals surface area contributed by atoms with Crippen molar-refractivity contribution in [3.05, 3.63) is 27.7 Å². The monoisotopic (exact) mass is 341 g/mol. The van der Waals surface area contributed by atoms with Crippen LogP contribution in [0.15, 0.2) is 17.2 Å². The molecule has 0 bridgehead atoms. The molecule has 1 saturated heterocycles. The van der Waals surface area contributed by atoms with Crippen molar-refractivity contribution in [1.82, 2.24) is 10.3 Å². The molecule has 1 aromatic rings. The molecular formula is C16H21Cl2N3O. The van der Waals surface area contributed by atoms with Gasteiger partial charge in [0.2, 0.25) is 0 Å². The molecule has 1 fully saturated rings. The van der Waals surface area contributed by atoms with Crippen molar-refractivity contribution in [3.8, 4) is 5.75 Å². The molecule has 6 heteroatoms. The minimum Gasteiger partial charge on any atom is -0.494 e. The fourth-order valence-corrected chi connectivity index (χ4v) is 4.05. The lowest BCUT2D eigenvalue weighted by Gasteiger charge is -2.33. The van der Waals surface area contributed by atoms with Crippen molar-refractivity contribution in [2.24, 2.45) is 11.0 Å². The Kier molecular flexibility index (Phi) is 4.81. The highest BCUT2D eigenvalue weighted by Gasteiger charge is 2.37. The number of nitrogens with zero attached hydrogens (tertiary/aromatic N) is 2. The summed E-state index contributed by atoms with van der Waals surface area (Å²) in [5, 5.41) is 5.62. The Labute approximate surface area is 141 Å². The molecule has 2 aliphatic rings. The Morgan fingerprint density at radius 2 is 2.09 bits per heavy atom. The molecule has 4 nitrogen and oxygen atoms in total. The normalized spacial score (nSPS) is 24.6. The van der Waals surface area contributed by atoms with E-state index in [1.165, 1.54) is 12.1 Å². The molecule has 2 heterocycles. The number of ether oxygens (including phenoxy) is 1. The van der Waals surface area contributed by atoms with Gasteiger partial charge in [-0.3, -0.25) is 0 Å². The summed E-state index contributed by atoms with van der Waals surface area (Å²) in [4.78, 5) is 2.51. The highest BCUT2D eigenvalue weighted by Crippen LogP contribution is 2.39. The summed E-state index contributed by atoms with van der Waals surface area (Å²) in [6.07, 6.45) is 2.21. The van der Waals surface area contributed by atoms with Gasteiger partial charge >= 0.3 is 0 Å². The first-order valence-corrected chi connectivity index (χ1v) is 8.47. The highest BCUT2D eigenvalue weighted by atomic mass is 35.5. The third-order valence-corrected chi connectivity index (χ3v) is 5.00. The third kappa shape index (κ3) is 2.92. The number of benzene rings is 1. The predicted octanol–water partition coefficient (Wildman–Crippen LogP) is 3.73. The number of hydrazone groups is 1. The van der Waals surface area contributed by atoms with Crippen molar-refractivity contribution in [3.63, 3.8) is 0 Å². The van der Waals surface area contributed by atoms with Crippen LogP contribution in [0.25, 0.3) is 0 Å². The van der Waals surface area contributed by atoms with Crippen LogP contribution in [0.3, 0.4) is 0 Å². The van der Waals surface area contributed by atoms with Crippen LogP contribution < -0.4 is 10.2 Å². The molecule has 22 heavy (non-hydrogen) atoms. The van der Waals surface area contributed by atoms with Crippen LogP contribution in [0.4, 0.5) is 0 Å². The molecule has 0 radical (unpaired) electrons. The number of likely N-dealkylation sites (tertiary alicyclic amines) is 1. The minimum atomic E-state index is 0.135. The maximum Gasteiger partial charge on any atom is 0.156 e. The predicted molar refractivity (Wildman–Crippen MR) is 91.2 cm³/mol. The molecule has 2 aliphatic heterocycles. The topological polar surface area (TPSA) is 36.9 Å². The van der Waals surface area contributed by atoms with Crippen LogP contribution in [0, 0.1) is 5.92 Å². The van der Waals surface area contributed by atoms with E-state index in [0.29, 0.717) is 21.7 Å². The SMILES string of the molecule is CCCN1CCC2=NNC(c3cc(Cl)c(OC)c(Cl)c3)C2C1. The quantitative estimate of drug-likeness (QED) is 0.906. The van der Waals surface area contributed by atoms with Gasteiger partial charge in [-0.2, -0.15) is 5.10 Å². The zero-order valence-corrected chi connectivity index (χ0v) is 14.4. The van der Waals surface area contributed by atoms with E-state index in [0.717, 1.165) is 31.6 Å². The van der Waals surface area contributed by atoms with Gasteiger partial charge in [0.05, 0.1) is 23.2 Å². The number of hydrogen-bond donors (Lipinski definition) is 1. The molecule has 0 saturated carbocycles. The number of hydrogen-bond acceptors (Lipinski definition) is 4. The van der Waals surface area contributed by atoms with E-state index in [1.54, 1.807) is 7.11 Å². The summed E-state index contributed by atoms with van der Waals surface area (Å²) in [6, 6.07) is 4.00. The van der Waals surface area contributed by atoms with Crippen LogP contribution >= 0.6 is 23.2 Å². The smallest absolute Gasteiger partial charge is 0.156 e. The van der Waals surface area contributed by atoms with Gasteiger partial charge in [-0.25, -0.2) is 0 Å². The Balaban J connectivity index is 1.84. The standard InChI is InChI=1S/C16H21Cl2N3O/c1-3-5-21-6-4-14-11(9-21)15(20-19-14)10-7-12(17)16(22-2)13(18)8-10/h7-8,11,15,20H,3-6,9H2,1-2H3. The van der Waals surface area contributed by atoms with Gasteiger partial charge in [0.1, 0.15) is 0 Å². The molecule has 2 unspecified atom stereocenters. The first kappa shape index (κ1) is 15.9. The highest BCUT2D eigenvalue weighted by molar-refractivity contribution is 6.37. The Morgan fingerprint density at radius 3 is 2.73 bits per heavy atom. The minimum absolute atomic E-state index is 0.135. The van der Waals surface area contributed by atoms with Crippen LogP contribution in [-0.4, -0.2) is 37.4 Å². The number of rotatable bonds is 4. The molecule has 1 N–H and O–H groups in total. The molecule has 3 rings (SSSR count). The Hall–Kier alpha value is -0.970. The van der Waals surface area contributed by atoms with Crippen molar-refractivity contribution >= 4 is 28.9 Å². The zero-order chi connectivity index (χ0) is 15.7. The molecule has 0 amide bonds. The molecular weight excluding hydrogens is 321 g/mol. The summed E-state index contributed by atoms with van der Waals surface area (Å²) in [6.45, 7) is 5.49. The molecule has 1 aromatic carbocycles. The number of nitrogens with one attached hydrogen (secondary N) is 1. The van der Waals surface area contributed by atoms with Gasteiger partial charge in [-0.1, -0.05) is 30.1 Å². The van der Waals surface area contributed by atoms with Crippen LogP contribution in [-0.2, 0) is 0 Å². The van der Waals surface area contributed by atoms with E-state index >= 15 is 0 Å². The van der Waals surface area contributed by atoms with Gasteiger partial charge in [-0.15, -0.1) is 0 Å². The molecule has 0 aliphatic carbocycles. The first-order valence-electron chi connectivity index (χ1n) is 7.71. The Morgan fingerprint density at radius 1 is 1.36 bits per heavy atom.